The minimum absolute atomic E-state index is 0.0620. The topological polar surface area (TPSA) is 34.1 Å². The van der Waals surface area contributed by atoms with Crippen LogP contribution in [0.25, 0.3) is 0 Å². The highest BCUT2D eigenvalue weighted by molar-refractivity contribution is 6.08. The molecule has 0 saturated carbocycles. The van der Waals surface area contributed by atoms with E-state index in [0.717, 1.165) is 6.42 Å². The Kier molecular flexibility index (Phi) is 2.96. The highest BCUT2D eigenvalue weighted by Crippen LogP contribution is 2.14. The van der Waals surface area contributed by atoms with Gasteiger partial charge >= 0.3 is 0 Å². The lowest BCUT2D eigenvalue weighted by Gasteiger charge is -2.00. The quantitative estimate of drug-likeness (QED) is 0.644. The molecule has 0 N–H and O–H groups in total. The van der Waals surface area contributed by atoms with Gasteiger partial charge in [-0.1, -0.05) is 24.3 Å². The van der Waals surface area contributed by atoms with Gasteiger partial charge < -0.3 is 0 Å². The van der Waals surface area contributed by atoms with Gasteiger partial charge in [-0.3, -0.25) is 9.59 Å². The van der Waals surface area contributed by atoms with Gasteiger partial charge in [-0.2, -0.15) is 0 Å². The molecule has 13 heavy (non-hydrogen) atoms. The third-order valence-electron chi connectivity index (χ3n) is 1.89. The Bertz CT molecular complexity index is 298. The molecule has 0 bridgehead atoms. The fourth-order valence-electron chi connectivity index (χ4n) is 1.24. The first-order chi connectivity index (χ1) is 6.13. The molecular formula is C11H12O2. The first kappa shape index (κ1) is 9.65. The normalized spacial score (nSPS) is 15.8. The van der Waals surface area contributed by atoms with E-state index in [2.05, 4.69) is 0 Å². The predicted octanol–water partition coefficient (Wildman–Crippen LogP) is 1.98. The minimum atomic E-state index is -0.0620. The molecule has 2 heteroatoms. The lowest BCUT2D eigenvalue weighted by Crippen LogP contribution is -2.03. The molecule has 0 fully saturated rings. The number of Topliss-reactive ketones (excluding diaryl/α,β-unsaturated/α-hetero) is 2. The van der Waals surface area contributed by atoms with Gasteiger partial charge in [-0.25, -0.2) is 0 Å². The molecule has 2 nitrogen and oxygen atoms in total. The van der Waals surface area contributed by atoms with Crippen molar-refractivity contribution in [2.24, 2.45) is 0 Å². The van der Waals surface area contributed by atoms with Gasteiger partial charge in [0.25, 0.3) is 0 Å². The highest BCUT2D eigenvalue weighted by atomic mass is 16.1. The Morgan fingerprint density at radius 3 is 1.69 bits per heavy atom. The molecule has 0 radical (unpaired) electrons. The molecule has 0 aromatic rings. The maximum Gasteiger partial charge on any atom is 0.160 e. The fourth-order valence-corrected chi connectivity index (χ4v) is 1.24. The molecule has 68 valence electrons. The average Bonchev–Trinajstić information content (AvgIpc) is 2.27. The SMILES string of the molecule is CC(=O)C1=C(C(C)=O)C=CCC=C1. The standard InChI is InChI=1S/C11H12O2/c1-8(12)10-6-4-3-5-7-11(10)9(2)13/h4-7H,3H2,1-2H3. The lowest BCUT2D eigenvalue weighted by molar-refractivity contribution is -0.115. The summed E-state index contributed by atoms with van der Waals surface area (Å²) in [5.41, 5.74) is 1.03. The van der Waals surface area contributed by atoms with Crippen molar-refractivity contribution in [3.63, 3.8) is 0 Å². The zero-order chi connectivity index (χ0) is 9.84. The molecule has 0 aliphatic heterocycles. The van der Waals surface area contributed by atoms with E-state index >= 15 is 0 Å². The molecule has 0 amide bonds. The summed E-state index contributed by atoms with van der Waals surface area (Å²) in [7, 11) is 0. The zero-order valence-electron chi connectivity index (χ0n) is 7.83. The smallest absolute Gasteiger partial charge is 0.160 e. The van der Waals surface area contributed by atoms with Gasteiger partial charge in [0.2, 0.25) is 0 Å². The molecule has 1 aliphatic carbocycles. The molecule has 0 atom stereocenters. The fraction of sp³-hybridized carbons (Fsp3) is 0.273. The second-order valence-electron chi connectivity index (χ2n) is 2.98. The number of rotatable bonds is 2. The van der Waals surface area contributed by atoms with Crippen LogP contribution in [0.2, 0.25) is 0 Å². The van der Waals surface area contributed by atoms with Gasteiger partial charge in [0, 0.05) is 11.1 Å². The van der Waals surface area contributed by atoms with Crippen LogP contribution in [0.1, 0.15) is 20.3 Å². The van der Waals surface area contributed by atoms with Crippen molar-refractivity contribution in [3.8, 4) is 0 Å². The van der Waals surface area contributed by atoms with Crippen molar-refractivity contribution in [2.45, 2.75) is 20.3 Å². The molecule has 0 saturated heterocycles. The number of hydrogen-bond donors (Lipinski definition) is 0. The molecular weight excluding hydrogens is 164 g/mol. The Morgan fingerprint density at radius 1 is 1.00 bits per heavy atom. The van der Waals surface area contributed by atoms with Crippen LogP contribution in [0.5, 0.6) is 0 Å². The molecule has 1 aliphatic rings. The van der Waals surface area contributed by atoms with E-state index in [0.29, 0.717) is 11.1 Å². The van der Waals surface area contributed by atoms with E-state index < -0.39 is 0 Å². The summed E-state index contributed by atoms with van der Waals surface area (Å²) < 4.78 is 0. The number of ketones is 2. The van der Waals surface area contributed by atoms with Crippen molar-refractivity contribution in [3.05, 3.63) is 35.5 Å². The molecule has 0 unspecified atom stereocenters. The predicted molar refractivity (Wildman–Crippen MR) is 51.3 cm³/mol. The maximum absolute atomic E-state index is 11.2. The summed E-state index contributed by atoms with van der Waals surface area (Å²) in [6.45, 7) is 2.95. The number of allylic oxidation sites excluding steroid dienone is 6. The van der Waals surface area contributed by atoms with Gasteiger partial charge in [-0.05, 0) is 20.3 Å². The first-order valence-corrected chi connectivity index (χ1v) is 4.22. The lowest BCUT2D eigenvalue weighted by atomic mass is 10.0. The summed E-state index contributed by atoms with van der Waals surface area (Å²) in [5, 5.41) is 0. The summed E-state index contributed by atoms with van der Waals surface area (Å²) >= 11 is 0. The van der Waals surface area contributed by atoms with Crippen LogP contribution in [-0.4, -0.2) is 11.6 Å². The summed E-state index contributed by atoms with van der Waals surface area (Å²) in [4.78, 5) is 22.3. The largest absolute Gasteiger partial charge is 0.294 e. The Balaban J connectivity index is 3.23. The summed E-state index contributed by atoms with van der Waals surface area (Å²) in [6, 6.07) is 0. The molecule has 0 heterocycles. The van der Waals surface area contributed by atoms with E-state index in [9.17, 15) is 9.59 Å². The van der Waals surface area contributed by atoms with E-state index in [4.69, 9.17) is 0 Å². The van der Waals surface area contributed by atoms with Crippen molar-refractivity contribution < 1.29 is 9.59 Å². The van der Waals surface area contributed by atoms with Crippen molar-refractivity contribution in [1.29, 1.82) is 0 Å². The zero-order valence-corrected chi connectivity index (χ0v) is 7.83. The molecule has 1 rings (SSSR count). The maximum atomic E-state index is 11.2. The second kappa shape index (κ2) is 3.99. The van der Waals surface area contributed by atoms with Gasteiger partial charge in [0.15, 0.2) is 11.6 Å². The minimum Gasteiger partial charge on any atom is -0.294 e. The van der Waals surface area contributed by atoms with Crippen molar-refractivity contribution in [2.75, 3.05) is 0 Å². The van der Waals surface area contributed by atoms with Crippen LogP contribution in [-0.2, 0) is 9.59 Å². The van der Waals surface area contributed by atoms with E-state index in [1.54, 1.807) is 12.2 Å². The molecule has 0 aromatic heterocycles. The average molecular weight is 176 g/mol. The van der Waals surface area contributed by atoms with Crippen LogP contribution >= 0.6 is 0 Å². The van der Waals surface area contributed by atoms with Crippen molar-refractivity contribution >= 4 is 11.6 Å². The summed E-state index contributed by atoms with van der Waals surface area (Å²) in [6.07, 6.45) is 7.97. The molecule has 0 aromatic carbocycles. The number of carbonyl (C=O) groups is 2. The second-order valence-corrected chi connectivity index (χ2v) is 2.98. The van der Waals surface area contributed by atoms with E-state index in [1.165, 1.54) is 13.8 Å². The molecule has 0 spiro atoms. The van der Waals surface area contributed by atoms with Gasteiger partial charge in [-0.15, -0.1) is 0 Å². The Morgan fingerprint density at radius 2 is 1.38 bits per heavy atom. The third kappa shape index (κ3) is 2.25. The van der Waals surface area contributed by atoms with Crippen LogP contribution in [0.15, 0.2) is 35.5 Å². The van der Waals surface area contributed by atoms with Gasteiger partial charge in [0.05, 0.1) is 0 Å². The van der Waals surface area contributed by atoms with Gasteiger partial charge in [0.1, 0.15) is 0 Å². The van der Waals surface area contributed by atoms with Crippen LogP contribution in [0, 0.1) is 0 Å². The number of carbonyl (C=O) groups excluding carboxylic acids is 2. The van der Waals surface area contributed by atoms with E-state index in [1.807, 2.05) is 12.2 Å². The van der Waals surface area contributed by atoms with Crippen LogP contribution in [0.4, 0.5) is 0 Å². The van der Waals surface area contributed by atoms with Crippen LogP contribution < -0.4 is 0 Å². The monoisotopic (exact) mass is 176 g/mol. The Hall–Kier alpha value is -1.44. The third-order valence-corrected chi connectivity index (χ3v) is 1.89. The summed E-state index contributed by atoms with van der Waals surface area (Å²) in [5.74, 6) is -0.124. The first-order valence-electron chi connectivity index (χ1n) is 4.22. The van der Waals surface area contributed by atoms with Crippen molar-refractivity contribution in [1.82, 2.24) is 0 Å². The number of hydrogen-bond acceptors (Lipinski definition) is 2. The Labute approximate surface area is 77.6 Å². The van der Waals surface area contributed by atoms with E-state index in [-0.39, 0.29) is 11.6 Å². The highest BCUT2D eigenvalue weighted by Gasteiger charge is 2.11. The van der Waals surface area contributed by atoms with Crippen LogP contribution in [0.3, 0.4) is 0 Å².